The Kier molecular flexibility index (Phi) is 7.46. The Morgan fingerprint density at radius 2 is 1.89 bits per heavy atom. The first kappa shape index (κ1) is 20.6. The van der Waals surface area contributed by atoms with Gasteiger partial charge < -0.3 is 20.0 Å². The highest BCUT2D eigenvalue weighted by atomic mass is 16.3. The number of aliphatic imine (C=N–C) groups is 1. The molecule has 6 heteroatoms. The Morgan fingerprint density at radius 3 is 2.52 bits per heavy atom. The van der Waals surface area contributed by atoms with Gasteiger partial charge in [-0.3, -0.25) is 4.79 Å². The largest absolute Gasteiger partial charge is 0.469 e. The van der Waals surface area contributed by atoms with Crippen LogP contribution in [0.5, 0.6) is 0 Å². The molecular weight excluding hydrogens is 340 g/mol. The van der Waals surface area contributed by atoms with Crippen molar-refractivity contribution in [1.29, 1.82) is 0 Å². The number of carbonyl (C=O) groups is 1. The number of rotatable bonds is 7. The number of guanidine groups is 1. The first-order valence-electron chi connectivity index (χ1n) is 9.20. The summed E-state index contributed by atoms with van der Waals surface area (Å²) in [5.41, 5.74) is 0.863. The highest BCUT2D eigenvalue weighted by Gasteiger charge is 2.17. The van der Waals surface area contributed by atoms with Crippen molar-refractivity contribution in [2.24, 2.45) is 4.99 Å². The second-order valence-corrected chi connectivity index (χ2v) is 7.54. The number of carbonyl (C=O) groups excluding carboxylic acids is 1. The molecule has 0 spiro atoms. The molecule has 6 nitrogen and oxygen atoms in total. The summed E-state index contributed by atoms with van der Waals surface area (Å²) in [6.07, 6.45) is 2.42. The van der Waals surface area contributed by atoms with E-state index in [0.29, 0.717) is 19.0 Å². The molecule has 1 aromatic carbocycles. The second-order valence-electron chi connectivity index (χ2n) is 7.54. The van der Waals surface area contributed by atoms with Gasteiger partial charge in [0, 0.05) is 25.6 Å². The van der Waals surface area contributed by atoms with Gasteiger partial charge in [0.2, 0.25) is 5.91 Å². The van der Waals surface area contributed by atoms with Crippen molar-refractivity contribution in [3.8, 4) is 0 Å². The molecular formula is C21H30N4O2. The van der Waals surface area contributed by atoms with Crippen LogP contribution in [0.3, 0.4) is 0 Å². The van der Waals surface area contributed by atoms with Crippen LogP contribution in [0, 0.1) is 0 Å². The van der Waals surface area contributed by atoms with Crippen molar-refractivity contribution in [2.75, 3.05) is 20.1 Å². The molecule has 0 saturated carbocycles. The van der Waals surface area contributed by atoms with Gasteiger partial charge in [-0.05, 0) is 38.5 Å². The highest BCUT2D eigenvalue weighted by Crippen LogP contribution is 2.03. The minimum Gasteiger partial charge on any atom is -0.469 e. The van der Waals surface area contributed by atoms with Gasteiger partial charge in [-0.2, -0.15) is 0 Å². The number of hydrogen-bond donors (Lipinski definition) is 2. The minimum atomic E-state index is -0.258. The van der Waals surface area contributed by atoms with E-state index >= 15 is 0 Å². The van der Waals surface area contributed by atoms with Crippen LogP contribution < -0.4 is 10.6 Å². The van der Waals surface area contributed by atoms with E-state index in [1.165, 1.54) is 0 Å². The average molecular weight is 370 g/mol. The molecule has 0 radical (unpaired) electrons. The van der Waals surface area contributed by atoms with Crippen LogP contribution in [0.1, 0.15) is 32.1 Å². The summed E-state index contributed by atoms with van der Waals surface area (Å²) in [5, 5.41) is 6.31. The number of hydrogen-bond acceptors (Lipinski definition) is 3. The van der Waals surface area contributed by atoms with E-state index in [9.17, 15) is 4.79 Å². The van der Waals surface area contributed by atoms with Crippen molar-refractivity contribution >= 4 is 11.9 Å². The smallest absolute Gasteiger partial charge is 0.240 e. The molecule has 0 bridgehead atoms. The molecule has 2 aromatic rings. The Morgan fingerprint density at radius 1 is 1.15 bits per heavy atom. The van der Waals surface area contributed by atoms with E-state index in [1.807, 2.05) is 75.2 Å². The normalized spacial score (nSPS) is 11.9. The summed E-state index contributed by atoms with van der Waals surface area (Å²) in [6.45, 7) is 7.37. The summed E-state index contributed by atoms with van der Waals surface area (Å²) in [5.74, 6) is 1.57. The molecule has 0 aliphatic carbocycles. The lowest BCUT2D eigenvalue weighted by atomic mass is 10.1. The summed E-state index contributed by atoms with van der Waals surface area (Å²) < 4.78 is 5.37. The highest BCUT2D eigenvalue weighted by molar-refractivity contribution is 5.86. The molecule has 27 heavy (non-hydrogen) atoms. The van der Waals surface area contributed by atoms with Crippen LogP contribution in [0.4, 0.5) is 0 Å². The van der Waals surface area contributed by atoms with Gasteiger partial charge in [-0.15, -0.1) is 0 Å². The topological polar surface area (TPSA) is 69.9 Å². The number of furan rings is 1. The predicted molar refractivity (Wildman–Crippen MR) is 109 cm³/mol. The zero-order valence-electron chi connectivity index (χ0n) is 16.7. The van der Waals surface area contributed by atoms with E-state index in [-0.39, 0.29) is 18.0 Å². The van der Waals surface area contributed by atoms with E-state index in [1.54, 1.807) is 6.26 Å². The molecule has 0 fully saturated rings. The molecule has 1 heterocycles. The summed E-state index contributed by atoms with van der Waals surface area (Å²) in [6, 6.07) is 13.9. The molecule has 1 aromatic heterocycles. The van der Waals surface area contributed by atoms with Crippen LogP contribution in [0.2, 0.25) is 0 Å². The van der Waals surface area contributed by atoms with Crippen molar-refractivity contribution in [3.63, 3.8) is 0 Å². The number of nitrogens with zero attached hydrogens (tertiary/aromatic N) is 2. The third-order valence-corrected chi connectivity index (χ3v) is 3.75. The van der Waals surface area contributed by atoms with Gasteiger partial charge in [0.1, 0.15) is 5.76 Å². The zero-order valence-corrected chi connectivity index (χ0v) is 16.7. The maximum absolute atomic E-state index is 12.3. The lowest BCUT2D eigenvalue weighted by molar-refractivity contribution is -0.122. The molecule has 0 atom stereocenters. The fraction of sp³-hybridized carbons (Fsp3) is 0.429. The van der Waals surface area contributed by atoms with Crippen molar-refractivity contribution < 1.29 is 9.21 Å². The lowest BCUT2D eigenvalue weighted by Crippen LogP contribution is -2.49. The fourth-order valence-corrected chi connectivity index (χ4v) is 2.56. The number of benzene rings is 1. The fourth-order valence-electron chi connectivity index (χ4n) is 2.56. The molecule has 0 aliphatic heterocycles. The van der Waals surface area contributed by atoms with Crippen LogP contribution in [0.15, 0.2) is 58.1 Å². The van der Waals surface area contributed by atoms with Crippen molar-refractivity contribution in [3.05, 3.63) is 60.1 Å². The Labute approximate surface area is 161 Å². The zero-order chi connectivity index (χ0) is 19.7. The Hall–Kier alpha value is -2.76. The van der Waals surface area contributed by atoms with Crippen LogP contribution in [0.25, 0.3) is 0 Å². The van der Waals surface area contributed by atoms with Gasteiger partial charge >= 0.3 is 0 Å². The van der Waals surface area contributed by atoms with Crippen LogP contribution in [-0.4, -0.2) is 42.4 Å². The maximum atomic E-state index is 12.3. The molecule has 0 saturated heterocycles. The standard InChI is InChI=1S/C21H30N4O2/c1-21(2,3)24-19(26)16-25(4)20(22-13-12-18-11-8-14-27-18)23-15-17-9-6-5-7-10-17/h5-11,14H,12-13,15-16H2,1-4H3,(H,22,23)(H,24,26). The Balaban J connectivity index is 1.99. The van der Waals surface area contributed by atoms with Gasteiger partial charge in [-0.1, -0.05) is 30.3 Å². The first-order chi connectivity index (χ1) is 12.8. The monoisotopic (exact) mass is 370 g/mol. The van der Waals surface area contributed by atoms with E-state index in [2.05, 4.69) is 15.6 Å². The summed E-state index contributed by atoms with van der Waals surface area (Å²) >= 11 is 0. The number of amides is 1. The molecule has 146 valence electrons. The number of likely N-dealkylation sites (N-methyl/N-ethyl adjacent to an activating group) is 1. The van der Waals surface area contributed by atoms with E-state index in [0.717, 1.165) is 17.7 Å². The Bertz CT molecular complexity index is 718. The van der Waals surface area contributed by atoms with Gasteiger partial charge in [0.25, 0.3) is 0 Å². The van der Waals surface area contributed by atoms with Crippen molar-refractivity contribution in [2.45, 2.75) is 39.3 Å². The summed E-state index contributed by atoms with van der Waals surface area (Å²) in [7, 11) is 1.87. The van der Waals surface area contributed by atoms with E-state index in [4.69, 9.17) is 4.42 Å². The number of nitrogens with one attached hydrogen (secondary N) is 2. The third-order valence-electron chi connectivity index (χ3n) is 3.75. The van der Waals surface area contributed by atoms with Gasteiger partial charge in [-0.25, -0.2) is 4.99 Å². The van der Waals surface area contributed by atoms with Gasteiger partial charge in [0.05, 0.1) is 19.4 Å². The molecule has 2 rings (SSSR count). The predicted octanol–water partition coefficient (Wildman–Crippen LogP) is 2.81. The first-order valence-corrected chi connectivity index (χ1v) is 9.20. The maximum Gasteiger partial charge on any atom is 0.240 e. The molecule has 0 unspecified atom stereocenters. The van der Waals surface area contributed by atoms with Crippen LogP contribution >= 0.6 is 0 Å². The second kappa shape index (κ2) is 9.80. The van der Waals surface area contributed by atoms with Gasteiger partial charge in [0.15, 0.2) is 5.96 Å². The lowest BCUT2D eigenvalue weighted by Gasteiger charge is -2.25. The SMILES string of the molecule is CN(CC(=O)NC(C)(C)C)C(=NCc1ccccc1)NCCc1ccco1. The van der Waals surface area contributed by atoms with Crippen molar-refractivity contribution in [1.82, 2.24) is 15.5 Å². The molecule has 2 N–H and O–H groups in total. The molecule has 0 aliphatic rings. The van der Waals surface area contributed by atoms with Crippen LogP contribution in [-0.2, 0) is 17.8 Å². The minimum absolute atomic E-state index is 0.0368. The summed E-state index contributed by atoms with van der Waals surface area (Å²) in [4.78, 5) is 18.8. The molecule has 1 amide bonds. The van der Waals surface area contributed by atoms with E-state index < -0.39 is 0 Å². The third kappa shape index (κ3) is 7.98. The average Bonchev–Trinajstić information content (AvgIpc) is 3.10. The quantitative estimate of drug-likeness (QED) is 0.581.